The van der Waals surface area contributed by atoms with Crippen molar-refractivity contribution in [1.29, 1.82) is 0 Å². The second-order valence-electron chi connectivity index (χ2n) is 3.59. The van der Waals surface area contributed by atoms with Crippen molar-refractivity contribution in [2.24, 2.45) is 7.05 Å². The van der Waals surface area contributed by atoms with Crippen LogP contribution in [0.2, 0.25) is 0 Å². The highest BCUT2D eigenvalue weighted by Crippen LogP contribution is 2.25. The molecule has 8 nitrogen and oxygen atoms in total. The Bertz CT molecular complexity index is 554. The summed E-state index contributed by atoms with van der Waals surface area (Å²) in [6, 6.07) is 0. The molecule has 0 aliphatic carbocycles. The Morgan fingerprint density at radius 2 is 2.37 bits per heavy atom. The highest BCUT2D eigenvalue weighted by molar-refractivity contribution is 8.01. The van der Waals surface area contributed by atoms with Crippen LogP contribution >= 0.6 is 23.1 Å². The van der Waals surface area contributed by atoms with Gasteiger partial charge >= 0.3 is 5.97 Å². The zero-order chi connectivity index (χ0) is 13.7. The minimum Gasteiger partial charge on any atom is -0.481 e. The monoisotopic (exact) mass is 300 g/mol. The van der Waals surface area contributed by atoms with Crippen molar-refractivity contribution in [3.63, 3.8) is 0 Å². The molecular formula is C9H12N6O2S2. The first-order valence-corrected chi connectivity index (χ1v) is 7.20. The molecule has 0 amide bonds. The van der Waals surface area contributed by atoms with Gasteiger partial charge in [0.2, 0.25) is 5.13 Å². The Labute approximate surface area is 117 Å². The van der Waals surface area contributed by atoms with Crippen LogP contribution in [0, 0.1) is 0 Å². The number of aromatic nitrogens is 5. The summed E-state index contributed by atoms with van der Waals surface area (Å²) < 4.78 is 2.50. The topological polar surface area (TPSA) is 106 Å². The molecule has 0 atom stereocenters. The first kappa shape index (κ1) is 13.7. The Balaban J connectivity index is 1.77. The third kappa shape index (κ3) is 4.17. The molecule has 102 valence electrons. The molecule has 0 radical (unpaired) electrons. The number of hydrogen-bond donors (Lipinski definition) is 2. The van der Waals surface area contributed by atoms with Crippen LogP contribution in [0.25, 0.3) is 0 Å². The molecule has 0 aliphatic heterocycles. The van der Waals surface area contributed by atoms with Crippen molar-refractivity contribution in [2.75, 3.05) is 17.6 Å². The van der Waals surface area contributed by atoms with E-state index < -0.39 is 5.97 Å². The summed E-state index contributed by atoms with van der Waals surface area (Å²) in [6.45, 7) is 0.671. The maximum absolute atomic E-state index is 10.4. The molecule has 19 heavy (non-hydrogen) atoms. The summed E-state index contributed by atoms with van der Waals surface area (Å²) in [5.41, 5.74) is 0. The largest absolute Gasteiger partial charge is 0.481 e. The van der Waals surface area contributed by atoms with Crippen molar-refractivity contribution in [1.82, 2.24) is 25.0 Å². The Morgan fingerprint density at radius 1 is 1.53 bits per heavy atom. The average Bonchev–Trinajstić information content (AvgIpc) is 2.97. The molecule has 2 aromatic rings. The maximum Gasteiger partial charge on any atom is 0.313 e. The van der Waals surface area contributed by atoms with Crippen LogP contribution in [-0.4, -0.2) is 48.3 Å². The van der Waals surface area contributed by atoms with E-state index in [1.54, 1.807) is 6.33 Å². The Hall–Kier alpha value is -1.68. The first-order valence-electron chi connectivity index (χ1n) is 5.40. The van der Waals surface area contributed by atoms with Gasteiger partial charge in [-0.05, 0) is 0 Å². The third-order valence-electron chi connectivity index (χ3n) is 2.16. The normalized spacial score (nSPS) is 10.6. The summed E-state index contributed by atoms with van der Waals surface area (Å²) in [5, 5.41) is 28.0. The number of nitrogens with zero attached hydrogens (tertiary/aromatic N) is 5. The molecule has 0 bridgehead atoms. The SMILES string of the molecule is Cn1cnnc1CCNc1nnc(SCC(=O)O)s1. The lowest BCUT2D eigenvalue weighted by molar-refractivity contribution is -0.133. The minimum atomic E-state index is -0.864. The number of anilines is 1. The number of carbonyl (C=O) groups is 1. The molecule has 0 unspecified atom stereocenters. The number of aliphatic carboxylic acids is 1. The van der Waals surface area contributed by atoms with Gasteiger partial charge in [0, 0.05) is 20.0 Å². The number of rotatable bonds is 7. The zero-order valence-electron chi connectivity index (χ0n) is 10.1. The lowest BCUT2D eigenvalue weighted by Crippen LogP contribution is -2.08. The number of thioether (sulfide) groups is 1. The summed E-state index contributed by atoms with van der Waals surface area (Å²) in [4.78, 5) is 10.4. The summed E-state index contributed by atoms with van der Waals surface area (Å²) in [6.07, 6.45) is 2.38. The first-order chi connectivity index (χ1) is 9.15. The molecule has 0 fully saturated rings. The van der Waals surface area contributed by atoms with Gasteiger partial charge in [0.25, 0.3) is 0 Å². The van der Waals surface area contributed by atoms with E-state index in [0.717, 1.165) is 24.0 Å². The summed E-state index contributed by atoms with van der Waals surface area (Å²) in [5.74, 6) is 0.0163. The van der Waals surface area contributed by atoms with Crippen molar-refractivity contribution in [3.05, 3.63) is 12.2 Å². The number of carboxylic acids is 1. The Kier molecular flexibility index (Phi) is 4.68. The molecule has 2 heterocycles. The van der Waals surface area contributed by atoms with Crippen molar-refractivity contribution in [3.8, 4) is 0 Å². The molecule has 0 aromatic carbocycles. The zero-order valence-corrected chi connectivity index (χ0v) is 11.7. The number of nitrogens with one attached hydrogen (secondary N) is 1. The van der Waals surface area contributed by atoms with E-state index in [9.17, 15) is 4.79 Å². The lowest BCUT2D eigenvalue weighted by Gasteiger charge is -2.01. The summed E-state index contributed by atoms with van der Waals surface area (Å²) in [7, 11) is 1.89. The van der Waals surface area contributed by atoms with Gasteiger partial charge in [0.05, 0.1) is 5.75 Å². The van der Waals surface area contributed by atoms with E-state index >= 15 is 0 Å². The average molecular weight is 300 g/mol. The van der Waals surface area contributed by atoms with Crippen LogP contribution in [-0.2, 0) is 18.3 Å². The molecule has 2 aromatic heterocycles. The fourth-order valence-corrected chi connectivity index (χ4v) is 2.78. The quantitative estimate of drug-likeness (QED) is 0.712. The molecule has 0 saturated heterocycles. The smallest absolute Gasteiger partial charge is 0.313 e. The molecule has 0 saturated carbocycles. The van der Waals surface area contributed by atoms with Gasteiger partial charge in [-0.25, -0.2) is 0 Å². The van der Waals surface area contributed by atoms with Crippen LogP contribution in [0.1, 0.15) is 5.82 Å². The minimum absolute atomic E-state index is 0.00638. The van der Waals surface area contributed by atoms with Crippen molar-refractivity contribution in [2.45, 2.75) is 10.8 Å². The second kappa shape index (κ2) is 6.48. The predicted molar refractivity (Wildman–Crippen MR) is 71.5 cm³/mol. The van der Waals surface area contributed by atoms with E-state index in [2.05, 4.69) is 25.7 Å². The van der Waals surface area contributed by atoms with Gasteiger partial charge in [-0.15, -0.1) is 20.4 Å². The predicted octanol–water partition coefficient (Wildman–Crippen LogP) is 0.498. The van der Waals surface area contributed by atoms with Gasteiger partial charge in [0.15, 0.2) is 4.34 Å². The van der Waals surface area contributed by atoms with Crippen molar-refractivity contribution < 1.29 is 9.90 Å². The van der Waals surface area contributed by atoms with Crippen LogP contribution < -0.4 is 5.32 Å². The second-order valence-corrected chi connectivity index (χ2v) is 5.79. The number of aryl methyl sites for hydroxylation is 1. The van der Waals surface area contributed by atoms with E-state index in [0.29, 0.717) is 16.0 Å². The number of hydrogen-bond acceptors (Lipinski definition) is 8. The van der Waals surface area contributed by atoms with E-state index in [1.807, 2.05) is 11.6 Å². The van der Waals surface area contributed by atoms with Crippen LogP contribution in [0.4, 0.5) is 5.13 Å². The van der Waals surface area contributed by atoms with Crippen LogP contribution in [0.15, 0.2) is 10.7 Å². The van der Waals surface area contributed by atoms with Gasteiger partial charge in [-0.3, -0.25) is 4.79 Å². The van der Waals surface area contributed by atoms with E-state index in [4.69, 9.17) is 5.11 Å². The standard InChI is InChI=1S/C9H12N6O2S2/c1-15-5-11-12-6(15)2-3-10-8-13-14-9(19-8)18-4-7(16)17/h5H,2-4H2,1H3,(H,10,13)(H,16,17). The fourth-order valence-electron chi connectivity index (χ4n) is 1.28. The highest BCUT2D eigenvalue weighted by Gasteiger charge is 2.07. The van der Waals surface area contributed by atoms with Gasteiger partial charge < -0.3 is 15.0 Å². The van der Waals surface area contributed by atoms with Crippen LogP contribution in [0.3, 0.4) is 0 Å². The third-order valence-corrected chi connectivity index (χ3v) is 4.15. The molecule has 2 rings (SSSR count). The molecular weight excluding hydrogens is 288 g/mol. The Morgan fingerprint density at radius 3 is 3.05 bits per heavy atom. The molecule has 2 N–H and O–H groups in total. The van der Waals surface area contributed by atoms with Crippen LogP contribution in [0.5, 0.6) is 0 Å². The van der Waals surface area contributed by atoms with Gasteiger partial charge in [-0.1, -0.05) is 23.1 Å². The summed E-state index contributed by atoms with van der Waals surface area (Å²) >= 11 is 2.50. The highest BCUT2D eigenvalue weighted by atomic mass is 32.2. The van der Waals surface area contributed by atoms with Crippen molar-refractivity contribution >= 4 is 34.2 Å². The maximum atomic E-state index is 10.4. The fraction of sp³-hybridized carbons (Fsp3) is 0.444. The van der Waals surface area contributed by atoms with Gasteiger partial charge in [0.1, 0.15) is 12.2 Å². The molecule has 10 heteroatoms. The molecule has 0 spiro atoms. The van der Waals surface area contributed by atoms with E-state index in [-0.39, 0.29) is 5.75 Å². The molecule has 0 aliphatic rings. The van der Waals surface area contributed by atoms with E-state index in [1.165, 1.54) is 11.3 Å². The van der Waals surface area contributed by atoms with Gasteiger partial charge in [-0.2, -0.15) is 0 Å². The number of carboxylic acid groups (broad SMARTS) is 1. The lowest BCUT2D eigenvalue weighted by atomic mass is 10.4.